The summed E-state index contributed by atoms with van der Waals surface area (Å²) in [5.74, 6) is -0.277. The van der Waals surface area contributed by atoms with Gasteiger partial charge in [-0.15, -0.1) is 0 Å². The van der Waals surface area contributed by atoms with E-state index < -0.39 is 12.0 Å². The fraction of sp³-hybridized carbons (Fsp3) is 0.367. The molecule has 3 aromatic rings. The fourth-order valence-electron chi connectivity index (χ4n) is 5.57. The van der Waals surface area contributed by atoms with Crippen molar-refractivity contribution < 1.29 is 24.2 Å². The van der Waals surface area contributed by atoms with Crippen LogP contribution >= 0.6 is 0 Å². The highest BCUT2D eigenvalue weighted by Crippen LogP contribution is 2.33. The first-order valence-electron chi connectivity index (χ1n) is 14.0. The molecule has 0 spiro atoms. The number of morpholine rings is 1. The molecule has 0 radical (unpaired) electrons. The Bertz CT molecular complexity index is 1490. The van der Waals surface area contributed by atoms with Crippen LogP contribution in [0.2, 0.25) is 0 Å². The Morgan fingerprint density at radius 2 is 1.81 bits per heavy atom. The van der Waals surface area contributed by atoms with E-state index in [-0.39, 0.29) is 23.3 Å². The number of nitrogens with one attached hydrogen (secondary N) is 2. The molecule has 2 saturated heterocycles. The SMILES string of the molecule is Cc1cccc(C)c1-c1cc(Nc2nc(N3CCCC(NC(=O)O)C3)ncc2C(N)=O)cc(C(=O)N2CCOCC2)c1. The number of hydrogen-bond acceptors (Lipinski definition) is 8. The molecule has 12 heteroatoms. The summed E-state index contributed by atoms with van der Waals surface area (Å²) in [5, 5.41) is 14.9. The van der Waals surface area contributed by atoms with Crippen molar-refractivity contribution in [3.63, 3.8) is 0 Å². The molecular weight excluding hydrogens is 538 g/mol. The van der Waals surface area contributed by atoms with E-state index >= 15 is 0 Å². The van der Waals surface area contributed by atoms with Crippen LogP contribution in [-0.2, 0) is 4.74 Å². The Balaban J connectivity index is 1.54. The minimum absolute atomic E-state index is 0.0921. The quantitative estimate of drug-likeness (QED) is 0.332. The van der Waals surface area contributed by atoms with Gasteiger partial charge in [0.25, 0.3) is 11.8 Å². The summed E-state index contributed by atoms with van der Waals surface area (Å²) in [6.45, 7) is 7.05. The lowest BCUT2D eigenvalue weighted by Crippen LogP contribution is -2.48. The van der Waals surface area contributed by atoms with Crippen molar-refractivity contribution in [2.45, 2.75) is 32.7 Å². The maximum absolute atomic E-state index is 13.6. The van der Waals surface area contributed by atoms with Crippen LogP contribution in [-0.4, -0.2) is 83.3 Å². The third-order valence-corrected chi connectivity index (χ3v) is 7.58. The molecule has 1 atom stereocenters. The van der Waals surface area contributed by atoms with Gasteiger partial charge in [-0.2, -0.15) is 4.98 Å². The first kappa shape index (κ1) is 28.8. The number of hydrogen-bond donors (Lipinski definition) is 4. The average molecular weight is 574 g/mol. The van der Waals surface area contributed by atoms with Gasteiger partial charge in [-0.3, -0.25) is 9.59 Å². The van der Waals surface area contributed by atoms with Gasteiger partial charge in [0.2, 0.25) is 5.95 Å². The van der Waals surface area contributed by atoms with Crippen LogP contribution in [0.3, 0.4) is 0 Å². The Morgan fingerprint density at radius 3 is 2.50 bits per heavy atom. The monoisotopic (exact) mass is 573 g/mol. The molecule has 2 aliphatic rings. The fourth-order valence-corrected chi connectivity index (χ4v) is 5.57. The summed E-state index contributed by atoms with van der Waals surface area (Å²) in [6.07, 6.45) is 1.74. The first-order valence-corrected chi connectivity index (χ1v) is 14.0. The molecule has 1 unspecified atom stereocenters. The number of nitrogens with two attached hydrogens (primary N) is 1. The van der Waals surface area contributed by atoms with E-state index in [0.29, 0.717) is 63.0 Å². The standard InChI is InChI=1S/C30H35N7O5/c1-18-5-3-6-19(2)25(18)20-13-21(28(39)36-9-11-42-12-10-36)15-23(14-20)33-27-24(26(31)38)16-32-29(35-27)37-8-4-7-22(17-37)34-30(40)41/h3,5-6,13-16,22,34H,4,7-12,17H2,1-2H3,(H2,31,38)(H,40,41)(H,32,33,35). The molecule has 2 aliphatic heterocycles. The van der Waals surface area contributed by atoms with E-state index in [1.54, 1.807) is 11.0 Å². The van der Waals surface area contributed by atoms with E-state index in [0.717, 1.165) is 28.7 Å². The number of primary amides is 1. The average Bonchev–Trinajstić information content (AvgIpc) is 2.97. The number of carbonyl (C=O) groups is 3. The van der Waals surface area contributed by atoms with Gasteiger partial charge in [-0.25, -0.2) is 9.78 Å². The van der Waals surface area contributed by atoms with Crippen molar-refractivity contribution >= 4 is 35.4 Å². The van der Waals surface area contributed by atoms with Gasteiger partial charge in [0.15, 0.2) is 0 Å². The molecule has 2 fully saturated rings. The van der Waals surface area contributed by atoms with Crippen LogP contribution in [0.1, 0.15) is 44.7 Å². The first-order chi connectivity index (χ1) is 20.2. The molecule has 0 aliphatic carbocycles. The van der Waals surface area contributed by atoms with Gasteiger partial charge in [0, 0.05) is 49.7 Å². The lowest BCUT2D eigenvalue weighted by molar-refractivity contribution is 0.0303. The molecule has 0 saturated carbocycles. The number of carbonyl (C=O) groups excluding carboxylic acids is 2. The van der Waals surface area contributed by atoms with Crippen LogP contribution in [0.5, 0.6) is 0 Å². The third-order valence-electron chi connectivity index (χ3n) is 7.58. The molecule has 42 heavy (non-hydrogen) atoms. The highest BCUT2D eigenvalue weighted by molar-refractivity contribution is 6.00. The molecule has 220 valence electrons. The number of benzene rings is 2. The van der Waals surface area contributed by atoms with Crippen molar-refractivity contribution in [2.75, 3.05) is 49.6 Å². The number of ether oxygens (including phenoxy) is 1. The van der Waals surface area contributed by atoms with Crippen LogP contribution in [0.4, 0.5) is 22.2 Å². The largest absolute Gasteiger partial charge is 0.465 e. The molecule has 12 nitrogen and oxygen atoms in total. The van der Waals surface area contributed by atoms with E-state index in [1.807, 2.05) is 49.1 Å². The molecule has 1 aromatic heterocycles. The highest BCUT2D eigenvalue weighted by atomic mass is 16.5. The predicted molar refractivity (Wildman–Crippen MR) is 158 cm³/mol. The number of nitrogens with zero attached hydrogens (tertiary/aromatic N) is 4. The molecule has 5 N–H and O–H groups in total. The topological polar surface area (TPSA) is 163 Å². The van der Waals surface area contributed by atoms with Crippen molar-refractivity contribution in [3.05, 3.63) is 64.8 Å². The number of piperidine rings is 1. The van der Waals surface area contributed by atoms with Crippen LogP contribution in [0.25, 0.3) is 11.1 Å². The highest BCUT2D eigenvalue weighted by Gasteiger charge is 2.25. The maximum atomic E-state index is 13.6. The van der Waals surface area contributed by atoms with Gasteiger partial charge >= 0.3 is 6.09 Å². The zero-order valence-electron chi connectivity index (χ0n) is 23.7. The summed E-state index contributed by atoms with van der Waals surface area (Å²) < 4.78 is 5.43. The van der Waals surface area contributed by atoms with Crippen LogP contribution < -0.4 is 21.3 Å². The lowest BCUT2D eigenvalue weighted by atomic mass is 9.94. The minimum Gasteiger partial charge on any atom is -0.465 e. The second-order valence-electron chi connectivity index (χ2n) is 10.6. The Labute approximate surface area is 243 Å². The van der Waals surface area contributed by atoms with Gasteiger partial charge in [0.1, 0.15) is 11.4 Å². The Morgan fingerprint density at radius 1 is 1.07 bits per heavy atom. The smallest absolute Gasteiger partial charge is 0.404 e. The van der Waals surface area contributed by atoms with Crippen molar-refractivity contribution in [1.29, 1.82) is 0 Å². The Hall–Kier alpha value is -4.71. The molecule has 0 bridgehead atoms. The lowest BCUT2D eigenvalue weighted by Gasteiger charge is -2.32. The second kappa shape index (κ2) is 12.4. The second-order valence-corrected chi connectivity index (χ2v) is 10.6. The van der Waals surface area contributed by atoms with Gasteiger partial charge in [-0.05, 0) is 67.1 Å². The number of rotatable bonds is 7. The number of anilines is 3. The molecular formula is C30H35N7O5. The van der Waals surface area contributed by atoms with E-state index in [1.165, 1.54) is 6.20 Å². The van der Waals surface area contributed by atoms with Crippen molar-refractivity contribution in [3.8, 4) is 11.1 Å². The number of aromatic nitrogens is 2. The van der Waals surface area contributed by atoms with Gasteiger partial charge < -0.3 is 36.0 Å². The number of amides is 3. The number of carboxylic acid groups (broad SMARTS) is 1. The summed E-state index contributed by atoms with van der Waals surface area (Å²) >= 11 is 0. The normalized spacial score (nSPS) is 17.0. The summed E-state index contributed by atoms with van der Waals surface area (Å²) in [7, 11) is 0. The van der Waals surface area contributed by atoms with Crippen LogP contribution in [0.15, 0.2) is 42.6 Å². The maximum Gasteiger partial charge on any atom is 0.404 e. The molecule has 3 amide bonds. The van der Waals surface area contributed by atoms with Gasteiger partial charge in [-0.1, -0.05) is 18.2 Å². The van der Waals surface area contributed by atoms with Crippen molar-refractivity contribution in [2.24, 2.45) is 5.73 Å². The summed E-state index contributed by atoms with van der Waals surface area (Å²) in [6, 6.07) is 11.3. The van der Waals surface area contributed by atoms with E-state index in [2.05, 4.69) is 20.6 Å². The van der Waals surface area contributed by atoms with Crippen LogP contribution in [0, 0.1) is 13.8 Å². The number of aryl methyl sites for hydroxylation is 2. The van der Waals surface area contributed by atoms with E-state index in [4.69, 9.17) is 15.6 Å². The summed E-state index contributed by atoms with van der Waals surface area (Å²) in [4.78, 5) is 49.8. The molecule has 3 heterocycles. The van der Waals surface area contributed by atoms with Gasteiger partial charge in [0.05, 0.1) is 13.2 Å². The third kappa shape index (κ3) is 6.44. The molecule has 2 aromatic carbocycles. The Kier molecular flexibility index (Phi) is 8.53. The summed E-state index contributed by atoms with van der Waals surface area (Å²) in [5.41, 5.74) is 10.8. The molecule has 5 rings (SSSR count). The van der Waals surface area contributed by atoms with Crippen molar-refractivity contribution in [1.82, 2.24) is 20.2 Å². The van der Waals surface area contributed by atoms with E-state index in [9.17, 15) is 14.4 Å². The zero-order valence-corrected chi connectivity index (χ0v) is 23.7. The predicted octanol–water partition coefficient (Wildman–Crippen LogP) is 3.31. The zero-order chi connectivity index (χ0) is 29.8. The minimum atomic E-state index is -1.08.